The van der Waals surface area contributed by atoms with E-state index in [2.05, 4.69) is 5.32 Å². The van der Waals surface area contributed by atoms with Crippen LogP contribution in [0.25, 0.3) is 0 Å². The molecule has 1 aliphatic heterocycles. The lowest BCUT2D eigenvalue weighted by molar-refractivity contribution is -0.115. The molecule has 3 rings (SSSR count). The van der Waals surface area contributed by atoms with Crippen LogP contribution in [0.3, 0.4) is 0 Å². The average molecular weight is 287 g/mol. The van der Waals surface area contributed by atoms with Gasteiger partial charge < -0.3 is 14.8 Å². The van der Waals surface area contributed by atoms with Crippen molar-refractivity contribution in [1.82, 2.24) is 0 Å². The number of rotatable bonds is 3. The second-order valence-corrected chi connectivity index (χ2v) is 4.71. The Labute approximate surface area is 121 Å². The topological polar surface area (TPSA) is 47.6 Å². The van der Waals surface area contributed by atoms with Gasteiger partial charge in [0, 0.05) is 5.69 Å². The van der Waals surface area contributed by atoms with E-state index in [-0.39, 0.29) is 18.1 Å². The summed E-state index contributed by atoms with van der Waals surface area (Å²) in [4.78, 5) is 12.0. The van der Waals surface area contributed by atoms with Crippen LogP contribution in [0.5, 0.6) is 11.5 Å². The number of anilines is 1. The number of ether oxygens (including phenoxy) is 2. The fourth-order valence-electron chi connectivity index (χ4n) is 2.15. The minimum atomic E-state index is -0.382. The van der Waals surface area contributed by atoms with Crippen molar-refractivity contribution >= 4 is 11.6 Å². The number of carbonyl (C=O) groups excluding carboxylic acids is 1. The Balaban J connectivity index is 1.67. The Morgan fingerprint density at radius 3 is 2.71 bits per heavy atom. The SMILES string of the molecule is O=C(Cc1ccc2c(c1)OCCO2)Nc1cccc(F)c1. The number of nitrogens with one attached hydrogen (secondary N) is 1. The van der Waals surface area contributed by atoms with E-state index in [1.165, 1.54) is 12.1 Å². The van der Waals surface area contributed by atoms with Crippen LogP contribution in [0.1, 0.15) is 5.56 Å². The summed E-state index contributed by atoms with van der Waals surface area (Å²) in [6, 6.07) is 11.2. The molecule has 0 bridgehead atoms. The van der Waals surface area contributed by atoms with Gasteiger partial charge in [-0.15, -0.1) is 0 Å². The number of benzene rings is 2. The molecule has 0 aliphatic carbocycles. The van der Waals surface area contributed by atoms with E-state index in [9.17, 15) is 9.18 Å². The molecule has 21 heavy (non-hydrogen) atoms. The van der Waals surface area contributed by atoms with Gasteiger partial charge in [-0.05, 0) is 35.9 Å². The van der Waals surface area contributed by atoms with Crippen LogP contribution >= 0.6 is 0 Å². The molecule has 0 saturated heterocycles. The van der Waals surface area contributed by atoms with E-state index in [1.54, 1.807) is 24.3 Å². The van der Waals surface area contributed by atoms with Gasteiger partial charge in [0.1, 0.15) is 19.0 Å². The summed E-state index contributed by atoms with van der Waals surface area (Å²) in [7, 11) is 0. The van der Waals surface area contributed by atoms with Crippen LogP contribution in [0.4, 0.5) is 10.1 Å². The van der Waals surface area contributed by atoms with Crippen LogP contribution < -0.4 is 14.8 Å². The Kier molecular flexibility index (Phi) is 3.73. The standard InChI is InChI=1S/C16H14FNO3/c17-12-2-1-3-13(10-12)18-16(19)9-11-4-5-14-15(8-11)21-7-6-20-14/h1-5,8,10H,6-7,9H2,(H,18,19). The molecule has 0 radical (unpaired) electrons. The van der Waals surface area contributed by atoms with E-state index in [1.807, 2.05) is 6.07 Å². The highest BCUT2D eigenvalue weighted by atomic mass is 19.1. The number of halogens is 1. The number of carbonyl (C=O) groups is 1. The summed E-state index contributed by atoms with van der Waals surface area (Å²) < 4.78 is 23.9. The maximum absolute atomic E-state index is 13.1. The first-order valence-electron chi connectivity index (χ1n) is 6.65. The number of hydrogen-bond acceptors (Lipinski definition) is 3. The summed E-state index contributed by atoms with van der Waals surface area (Å²) in [5.41, 5.74) is 1.26. The predicted molar refractivity (Wildman–Crippen MR) is 76.2 cm³/mol. The van der Waals surface area contributed by atoms with Crippen molar-refractivity contribution in [3.8, 4) is 11.5 Å². The number of fused-ring (bicyclic) bond motifs is 1. The zero-order chi connectivity index (χ0) is 14.7. The molecule has 0 aromatic heterocycles. The zero-order valence-corrected chi connectivity index (χ0v) is 11.3. The molecule has 2 aromatic rings. The van der Waals surface area contributed by atoms with Gasteiger partial charge in [0.25, 0.3) is 0 Å². The molecular weight excluding hydrogens is 273 g/mol. The third-order valence-electron chi connectivity index (χ3n) is 3.08. The van der Waals surface area contributed by atoms with Crippen molar-refractivity contribution in [3.63, 3.8) is 0 Å². The summed E-state index contributed by atoms with van der Waals surface area (Å²) >= 11 is 0. The molecule has 0 fully saturated rings. The molecule has 1 heterocycles. The zero-order valence-electron chi connectivity index (χ0n) is 11.3. The van der Waals surface area contributed by atoms with E-state index in [4.69, 9.17) is 9.47 Å². The molecule has 2 aromatic carbocycles. The first kappa shape index (κ1) is 13.4. The van der Waals surface area contributed by atoms with Gasteiger partial charge in [0.15, 0.2) is 11.5 Å². The first-order valence-corrected chi connectivity index (χ1v) is 6.65. The second kappa shape index (κ2) is 5.83. The quantitative estimate of drug-likeness (QED) is 0.944. The molecule has 0 unspecified atom stereocenters. The lowest BCUT2D eigenvalue weighted by Crippen LogP contribution is -2.17. The minimum Gasteiger partial charge on any atom is -0.486 e. The van der Waals surface area contributed by atoms with Crippen LogP contribution in [-0.4, -0.2) is 19.1 Å². The fourth-order valence-corrected chi connectivity index (χ4v) is 2.15. The van der Waals surface area contributed by atoms with Crippen molar-refractivity contribution in [3.05, 3.63) is 53.8 Å². The smallest absolute Gasteiger partial charge is 0.228 e. The van der Waals surface area contributed by atoms with E-state index >= 15 is 0 Å². The normalized spacial score (nSPS) is 12.8. The van der Waals surface area contributed by atoms with Crippen molar-refractivity contribution in [1.29, 1.82) is 0 Å². The highest BCUT2D eigenvalue weighted by Crippen LogP contribution is 2.30. The van der Waals surface area contributed by atoms with Gasteiger partial charge >= 0.3 is 0 Å². The Hall–Kier alpha value is -2.56. The van der Waals surface area contributed by atoms with Crippen LogP contribution in [0.15, 0.2) is 42.5 Å². The molecule has 1 amide bonds. The molecule has 0 saturated carbocycles. The van der Waals surface area contributed by atoms with Gasteiger partial charge in [0.2, 0.25) is 5.91 Å². The monoisotopic (exact) mass is 287 g/mol. The summed E-state index contributed by atoms with van der Waals surface area (Å²) in [6.45, 7) is 1.04. The van der Waals surface area contributed by atoms with Gasteiger partial charge in [-0.1, -0.05) is 12.1 Å². The second-order valence-electron chi connectivity index (χ2n) is 4.71. The largest absolute Gasteiger partial charge is 0.486 e. The van der Waals surface area contributed by atoms with Gasteiger partial charge in [0.05, 0.1) is 6.42 Å². The molecule has 108 valence electrons. The van der Waals surface area contributed by atoms with E-state index < -0.39 is 0 Å². The van der Waals surface area contributed by atoms with Crippen LogP contribution in [0, 0.1) is 5.82 Å². The summed E-state index contributed by atoms with van der Waals surface area (Å²) in [6.07, 6.45) is 0.188. The third-order valence-corrected chi connectivity index (χ3v) is 3.08. The molecule has 0 atom stereocenters. The number of amides is 1. The Morgan fingerprint density at radius 2 is 1.90 bits per heavy atom. The molecule has 0 spiro atoms. The van der Waals surface area contributed by atoms with Crippen molar-refractivity contribution in [2.75, 3.05) is 18.5 Å². The van der Waals surface area contributed by atoms with Gasteiger partial charge in [-0.3, -0.25) is 4.79 Å². The minimum absolute atomic E-state index is 0.188. The summed E-state index contributed by atoms with van der Waals surface area (Å²) in [5.74, 6) is 0.747. The molecule has 5 heteroatoms. The maximum Gasteiger partial charge on any atom is 0.228 e. The molecular formula is C16H14FNO3. The first-order chi connectivity index (χ1) is 10.2. The Morgan fingerprint density at radius 1 is 1.10 bits per heavy atom. The molecule has 4 nitrogen and oxygen atoms in total. The highest BCUT2D eigenvalue weighted by molar-refractivity contribution is 5.92. The molecule has 1 N–H and O–H groups in total. The average Bonchev–Trinajstić information content (AvgIpc) is 2.47. The fraction of sp³-hybridized carbons (Fsp3) is 0.188. The molecule has 1 aliphatic rings. The predicted octanol–water partition coefficient (Wildman–Crippen LogP) is 2.78. The van der Waals surface area contributed by atoms with E-state index in [0.29, 0.717) is 30.4 Å². The summed E-state index contributed by atoms with van der Waals surface area (Å²) in [5, 5.41) is 2.66. The van der Waals surface area contributed by atoms with Crippen molar-refractivity contribution in [2.45, 2.75) is 6.42 Å². The van der Waals surface area contributed by atoms with Crippen LogP contribution in [0.2, 0.25) is 0 Å². The van der Waals surface area contributed by atoms with Crippen molar-refractivity contribution in [2.24, 2.45) is 0 Å². The maximum atomic E-state index is 13.1. The lowest BCUT2D eigenvalue weighted by Gasteiger charge is -2.18. The van der Waals surface area contributed by atoms with Crippen LogP contribution in [-0.2, 0) is 11.2 Å². The highest BCUT2D eigenvalue weighted by Gasteiger charge is 2.13. The van der Waals surface area contributed by atoms with Gasteiger partial charge in [-0.2, -0.15) is 0 Å². The van der Waals surface area contributed by atoms with Gasteiger partial charge in [-0.25, -0.2) is 4.39 Å². The third kappa shape index (κ3) is 3.31. The van der Waals surface area contributed by atoms with E-state index in [0.717, 1.165) is 5.56 Å². The lowest BCUT2D eigenvalue weighted by atomic mass is 10.1. The Bertz CT molecular complexity index is 672. The number of hydrogen-bond donors (Lipinski definition) is 1. The van der Waals surface area contributed by atoms with Crippen molar-refractivity contribution < 1.29 is 18.7 Å².